The monoisotopic (exact) mass is 466 g/mol. The number of fused-ring (bicyclic) bond motifs is 2. The third-order valence-electron chi connectivity index (χ3n) is 6.46. The molecule has 9 nitrogen and oxygen atoms in total. The fourth-order valence-electron chi connectivity index (χ4n) is 4.67. The van der Waals surface area contributed by atoms with Gasteiger partial charge in [0.15, 0.2) is 11.5 Å². The molecule has 0 saturated heterocycles. The first-order valence-electron chi connectivity index (χ1n) is 10.9. The van der Waals surface area contributed by atoms with E-state index in [2.05, 4.69) is 15.0 Å². The molecular formula is C23H26N6O3S. The highest BCUT2D eigenvalue weighted by Gasteiger charge is 2.44. The third kappa shape index (κ3) is 3.89. The van der Waals surface area contributed by atoms with Crippen LogP contribution in [0.5, 0.6) is 0 Å². The zero-order valence-electron chi connectivity index (χ0n) is 18.2. The number of hydrogen-bond donors (Lipinski definition) is 3. The highest BCUT2D eigenvalue weighted by atomic mass is 32.2. The minimum absolute atomic E-state index is 0.270. The molecule has 0 spiro atoms. The molecule has 10 heteroatoms. The number of benzene rings is 2. The van der Waals surface area contributed by atoms with Crippen LogP contribution in [-0.4, -0.2) is 63.5 Å². The molecule has 33 heavy (non-hydrogen) atoms. The molecule has 5 rings (SSSR count). The van der Waals surface area contributed by atoms with Crippen LogP contribution in [0.25, 0.3) is 21.9 Å². The number of imidazole rings is 1. The van der Waals surface area contributed by atoms with Crippen LogP contribution >= 0.6 is 0 Å². The van der Waals surface area contributed by atoms with E-state index in [4.69, 9.17) is 5.73 Å². The Morgan fingerprint density at radius 1 is 1.12 bits per heavy atom. The number of nitrogens with two attached hydrogens (primary N) is 1. The Morgan fingerprint density at radius 2 is 1.91 bits per heavy atom. The Bertz CT molecular complexity index is 1330. The summed E-state index contributed by atoms with van der Waals surface area (Å²) in [5.41, 5.74) is 6.87. The first-order chi connectivity index (χ1) is 16.0. The van der Waals surface area contributed by atoms with Gasteiger partial charge in [0.05, 0.1) is 23.4 Å². The van der Waals surface area contributed by atoms with Crippen molar-refractivity contribution in [1.82, 2.24) is 23.8 Å². The van der Waals surface area contributed by atoms with Gasteiger partial charge in [-0.25, -0.2) is 23.5 Å². The van der Waals surface area contributed by atoms with E-state index in [0.717, 1.165) is 10.8 Å². The molecule has 4 N–H and O–H groups in total. The van der Waals surface area contributed by atoms with Crippen molar-refractivity contribution >= 4 is 38.7 Å². The van der Waals surface area contributed by atoms with Crippen LogP contribution in [0.1, 0.15) is 19.4 Å². The van der Waals surface area contributed by atoms with Crippen molar-refractivity contribution in [2.75, 3.05) is 18.8 Å². The summed E-state index contributed by atoms with van der Waals surface area (Å²) >= 11 is 0. The Balaban J connectivity index is 1.37. The van der Waals surface area contributed by atoms with Crippen molar-refractivity contribution in [3.8, 4) is 0 Å². The molecule has 0 aliphatic heterocycles. The first-order valence-corrected chi connectivity index (χ1v) is 12.0. The Kier molecular flexibility index (Phi) is 5.83. The number of aromatic nitrogens is 4. The fourth-order valence-corrected chi connectivity index (χ4v) is 5.94. The van der Waals surface area contributed by atoms with E-state index in [1.807, 2.05) is 53.7 Å². The number of nitrogens with zero attached hydrogens (tertiary/aromatic N) is 5. The largest absolute Gasteiger partial charge is 0.390 e. The van der Waals surface area contributed by atoms with E-state index in [1.165, 1.54) is 6.33 Å². The number of anilines is 1. The van der Waals surface area contributed by atoms with Crippen molar-refractivity contribution in [2.24, 2.45) is 5.92 Å². The van der Waals surface area contributed by atoms with Gasteiger partial charge in [-0.3, -0.25) is 0 Å². The van der Waals surface area contributed by atoms with Crippen molar-refractivity contribution in [1.29, 1.82) is 0 Å². The smallest absolute Gasteiger partial charge is 0.165 e. The lowest BCUT2D eigenvalue weighted by atomic mass is 10.1. The molecule has 2 heterocycles. The average molecular weight is 467 g/mol. The predicted molar refractivity (Wildman–Crippen MR) is 126 cm³/mol. The zero-order chi connectivity index (χ0) is 23.1. The first kappa shape index (κ1) is 21.9. The van der Waals surface area contributed by atoms with Crippen LogP contribution in [-0.2, 0) is 11.0 Å². The van der Waals surface area contributed by atoms with Crippen molar-refractivity contribution in [2.45, 2.75) is 36.5 Å². The van der Waals surface area contributed by atoms with Gasteiger partial charge in [-0.15, -0.1) is 0 Å². The molecule has 1 aliphatic rings. The number of hydrogen-bond acceptors (Lipinski definition) is 7. The summed E-state index contributed by atoms with van der Waals surface area (Å²) in [6.07, 6.45) is 1.45. The third-order valence-corrected chi connectivity index (χ3v) is 8.00. The standard InChI is InChI=1S/C23H26N6O3S/c1-2-28(33(32)17-8-7-14-5-3-4-6-15(14)9-17)11-16-10-18(21(31)20(16)30)29-13-27-19-22(24)25-12-26-23(19)29/h3-9,12-13,16,18,20-21,30-31H,2,10-11H2,1H3,(H2,24,25,26)/t16-,18?,20?,21?,33?/m1/s1. The number of nitrogen functional groups attached to an aromatic ring is 1. The highest BCUT2D eigenvalue weighted by molar-refractivity contribution is 7.82. The van der Waals surface area contributed by atoms with Gasteiger partial charge >= 0.3 is 0 Å². The number of aliphatic hydroxyl groups excluding tert-OH is 2. The maximum atomic E-state index is 13.4. The summed E-state index contributed by atoms with van der Waals surface area (Å²) in [5, 5.41) is 23.8. The molecule has 4 unspecified atom stereocenters. The Morgan fingerprint density at radius 3 is 2.70 bits per heavy atom. The van der Waals surface area contributed by atoms with Crippen molar-refractivity contribution in [3.05, 3.63) is 55.1 Å². The second-order valence-electron chi connectivity index (χ2n) is 8.37. The topological polar surface area (TPSA) is 130 Å². The molecule has 1 fully saturated rings. The van der Waals surface area contributed by atoms with E-state index in [-0.39, 0.29) is 11.7 Å². The van der Waals surface area contributed by atoms with Crippen LogP contribution < -0.4 is 5.73 Å². The molecule has 2 aromatic heterocycles. The van der Waals surface area contributed by atoms with Gasteiger partial charge in [-0.2, -0.15) is 0 Å². The number of aliphatic hydroxyl groups is 2. The molecule has 2 aromatic carbocycles. The summed E-state index contributed by atoms with van der Waals surface area (Å²) < 4.78 is 16.9. The van der Waals surface area contributed by atoms with Gasteiger partial charge in [0, 0.05) is 19.0 Å². The van der Waals surface area contributed by atoms with Crippen LogP contribution in [0.15, 0.2) is 60.0 Å². The molecular weight excluding hydrogens is 440 g/mol. The summed E-state index contributed by atoms with van der Waals surface area (Å²) in [6.45, 7) is 2.87. The van der Waals surface area contributed by atoms with Crippen LogP contribution in [0.3, 0.4) is 0 Å². The van der Waals surface area contributed by atoms with E-state index in [1.54, 1.807) is 10.9 Å². The van der Waals surface area contributed by atoms with Gasteiger partial charge in [0.1, 0.15) is 28.9 Å². The molecule has 4 aromatic rings. The van der Waals surface area contributed by atoms with Crippen LogP contribution in [0, 0.1) is 5.92 Å². The second-order valence-corrected chi connectivity index (χ2v) is 9.85. The molecule has 0 amide bonds. The maximum Gasteiger partial charge on any atom is 0.165 e. The summed E-state index contributed by atoms with van der Waals surface area (Å²) in [6, 6.07) is 13.3. The fraction of sp³-hybridized carbons (Fsp3) is 0.348. The summed E-state index contributed by atoms with van der Waals surface area (Å²) in [4.78, 5) is 13.2. The van der Waals surface area contributed by atoms with E-state index >= 15 is 0 Å². The lowest BCUT2D eigenvalue weighted by molar-refractivity contribution is 0.00427. The molecule has 172 valence electrons. The van der Waals surface area contributed by atoms with E-state index < -0.39 is 29.2 Å². The molecule has 1 saturated carbocycles. The molecule has 0 bridgehead atoms. The van der Waals surface area contributed by atoms with Gasteiger partial charge in [-0.1, -0.05) is 37.3 Å². The average Bonchev–Trinajstić information content (AvgIpc) is 3.39. The predicted octanol–water partition coefficient (Wildman–Crippen LogP) is 1.89. The zero-order valence-corrected chi connectivity index (χ0v) is 19.0. The van der Waals surface area contributed by atoms with E-state index in [0.29, 0.717) is 35.6 Å². The summed E-state index contributed by atoms with van der Waals surface area (Å²) in [7, 11) is -1.39. The quantitative estimate of drug-likeness (QED) is 0.395. The number of rotatable bonds is 6. The van der Waals surface area contributed by atoms with Crippen molar-refractivity contribution < 1.29 is 14.4 Å². The normalized spacial score (nSPS) is 24.1. The van der Waals surface area contributed by atoms with E-state index in [9.17, 15) is 14.4 Å². The highest BCUT2D eigenvalue weighted by Crippen LogP contribution is 2.38. The molecule has 5 atom stereocenters. The maximum absolute atomic E-state index is 13.4. The van der Waals surface area contributed by atoms with Gasteiger partial charge < -0.3 is 20.5 Å². The Hall–Kier alpha value is -2.92. The van der Waals surface area contributed by atoms with Gasteiger partial charge in [0.25, 0.3) is 0 Å². The van der Waals surface area contributed by atoms with Gasteiger partial charge in [-0.05, 0) is 29.3 Å². The molecule has 1 aliphatic carbocycles. The van der Waals surface area contributed by atoms with Gasteiger partial charge in [0.2, 0.25) is 0 Å². The Labute approximate surface area is 193 Å². The lowest BCUT2D eigenvalue weighted by Gasteiger charge is -2.25. The minimum Gasteiger partial charge on any atom is -0.390 e. The van der Waals surface area contributed by atoms with Crippen LogP contribution in [0.2, 0.25) is 0 Å². The lowest BCUT2D eigenvalue weighted by Crippen LogP contribution is -2.37. The second kappa shape index (κ2) is 8.79. The molecule has 0 radical (unpaired) electrons. The summed E-state index contributed by atoms with van der Waals surface area (Å²) in [5.74, 6) is -0.00253. The SMILES string of the molecule is CCN(C[C@H]1CC(n2cnc3c(N)ncnc32)C(O)C1O)S(=O)c1ccc2ccccc2c1. The van der Waals surface area contributed by atoms with Crippen molar-refractivity contribution in [3.63, 3.8) is 0 Å². The minimum atomic E-state index is -1.39. The van der Waals surface area contributed by atoms with Crippen LogP contribution in [0.4, 0.5) is 5.82 Å².